The van der Waals surface area contributed by atoms with Crippen LogP contribution in [0.1, 0.15) is 50.6 Å². The van der Waals surface area contributed by atoms with Gasteiger partial charge in [-0.2, -0.15) is 0 Å². The Balaban J connectivity index is 1.89. The highest BCUT2D eigenvalue weighted by Gasteiger charge is 2.20. The Morgan fingerprint density at radius 3 is 2.52 bits per heavy atom. The van der Waals surface area contributed by atoms with Gasteiger partial charge in [0.1, 0.15) is 6.54 Å². The highest BCUT2D eigenvalue weighted by Crippen LogP contribution is 2.21. The smallest absolute Gasteiger partial charge is 0.325 e. The summed E-state index contributed by atoms with van der Waals surface area (Å²) in [6, 6.07) is 8.91. The van der Waals surface area contributed by atoms with Crippen LogP contribution in [0.4, 0.5) is 0 Å². The fraction of sp³-hybridized carbons (Fsp3) is 0.409. The monoisotopic (exact) mass is 400 g/mol. The zero-order valence-corrected chi connectivity index (χ0v) is 17.6. The summed E-state index contributed by atoms with van der Waals surface area (Å²) in [5, 5.41) is 2.50. The molecule has 7 heteroatoms. The van der Waals surface area contributed by atoms with Gasteiger partial charge in [0, 0.05) is 29.6 Å². The van der Waals surface area contributed by atoms with Gasteiger partial charge in [0.15, 0.2) is 6.61 Å². The number of esters is 1. The summed E-state index contributed by atoms with van der Waals surface area (Å²) in [5.74, 6) is -1.32. The van der Waals surface area contributed by atoms with Crippen molar-refractivity contribution in [3.05, 3.63) is 58.4 Å². The van der Waals surface area contributed by atoms with E-state index in [0.29, 0.717) is 17.7 Å². The fourth-order valence-corrected chi connectivity index (χ4v) is 3.37. The second-order valence-corrected chi connectivity index (χ2v) is 7.10. The first-order chi connectivity index (χ1) is 13.7. The number of rotatable bonds is 9. The summed E-state index contributed by atoms with van der Waals surface area (Å²) in [6.07, 6.45) is 0. The highest BCUT2D eigenvalue weighted by atomic mass is 16.5. The average Bonchev–Trinajstić information content (AvgIpc) is 2.98. The molecule has 1 aromatic carbocycles. The number of hydrogen-bond donors (Lipinski definition) is 1. The Hall–Kier alpha value is -2.93. The van der Waals surface area contributed by atoms with Crippen molar-refractivity contribution >= 4 is 17.7 Å². The van der Waals surface area contributed by atoms with Crippen molar-refractivity contribution in [3.8, 4) is 0 Å². The van der Waals surface area contributed by atoms with Crippen LogP contribution in [0, 0.1) is 20.8 Å². The lowest BCUT2D eigenvalue weighted by atomic mass is 10.1. The van der Waals surface area contributed by atoms with E-state index in [1.54, 1.807) is 31.4 Å². The van der Waals surface area contributed by atoms with Gasteiger partial charge in [0.25, 0.3) is 5.91 Å². The van der Waals surface area contributed by atoms with E-state index in [2.05, 4.69) is 5.32 Å². The maximum absolute atomic E-state index is 12.5. The summed E-state index contributed by atoms with van der Waals surface area (Å²) in [6.45, 7) is 7.52. The number of ketones is 1. The third-order valence-corrected chi connectivity index (χ3v) is 4.67. The van der Waals surface area contributed by atoms with Gasteiger partial charge < -0.3 is 19.4 Å². The molecule has 1 aromatic heterocycles. The highest BCUT2D eigenvalue weighted by molar-refractivity contribution is 6.00. The van der Waals surface area contributed by atoms with Gasteiger partial charge in [-0.25, -0.2) is 0 Å². The van der Waals surface area contributed by atoms with Gasteiger partial charge in [-0.05, 0) is 45.9 Å². The molecule has 1 N–H and O–H groups in total. The van der Waals surface area contributed by atoms with Gasteiger partial charge in [-0.1, -0.05) is 17.7 Å². The van der Waals surface area contributed by atoms with Crippen molar-refractivity contribution in [1.82, 2.24) is 9.88 Å². The number of methoxy groups -OCH3 is 1. The number of hydrogen-bond acceptors (Lipinski definition) is 5. The lowest BCUT2D eigenvalue weighted by Gasteiger charge is -2.17. The van der Waals surface area contributed by atoms with Crippen LogP contribution in [0.15, 0.2) is 30.3 Å². The normalized spacial score (nSPS) is 11.8. The lowest BCUT2D eigenvalue weighted by molar-refractivity contribution is -0.141. The second-order valence-electron chi connectivity index (χ2n) is 7.10. The molecule has 1 heterocycles. The van der Waals surface area contributed by atoms with E-state index in [-0.39, 0.29) is 30.9 Å². The molecule has 29 heavy (non-hydrogen) atoms. The molecule has 0 aliphatic rings. The summed E-state index contributed by atoms with van der Waals surface area (Å²) < 4.78 is 12.3. The van der Waals surface area contributed by atoms with Crippen LogP contribution in [0.2, 0.25) is 0 Å². The Morgan fingerprint density at radius 2 is 1.86 bits per heavy atom. The minimum Gasteiger partial charge on any atom is -0.456 e. The molecule has 1 amide bonds. The predicted molar refractivity (Wildman–Crippen MR) is 109 cm³/mol. The van der Waals surface area contributed by atoms with Crippen LogP contribution >= 0.6 is 0 Å². The van der Waals surface area contributed by atoms with Crippen molar-refractivity contribution in [1.29, 1.82) is 0 Å². The first-order valence-corrected chi connectivity index (χ1v) is 9.45. The third-order valence-electron chi connectivity index (χ3n) is 4.67. The SMILES string of the molecule is COCC(C)n1c(C)cc(C(=O)COC(=O)CNC(=O)c2cccc(C)c2)c1C. The van der Waals surface area contributed by atoms with Crippen LogP contribution in [-0.4, -0.2) is 49.1 Å². The first-order valence-electron chi connectivity index (χ1n) is 9.45. The number of carbonyl (C=O) groups excluding carboxylic acids is 3. The van der Waals surface area contributed by atoms with Crippen molar-refractivity contribution < 1.29 is 23.9 Å². The molecule has 1 unspecified atom stereocenters. The summed E-state index contributed by atoms with van der Waals surface area (Å²) in [4.78, 5) is 36.5. The van der Waals surface area contributed by atoms with Crippen LogP contribution in [0.25, 0.3) is 0 Å². The van der Waals surface area contributed by atoms with E-state index >= 15 is 0 Å². The standard InChI is InChI=1S/C22H28N2O5/c1-14-7-6-8-18(9-14)22(27)23-11-21(26)29-13-20(25)19-10-15(2)24(17(19)4)16(3)12-28-5/h6-10,16H,11-13H2,1-5H3,(H,23,27). The van der Waals surface area contributed by atoms with Crippen molar-refractivity contribution in [3.63, 3.8) is 0 Å². The van der Waals surface area contributed by atoms with E-state index in [0.717, 1.165) is 17.0 Å². The molecule has 0 fully saturated rings. The second kappa shape index (κ2) is 10.0. The largest absolute Gasteiger partial charge is 0.456 e. The van der Waals surface area contributed by atoms with Gasteiger partial charge in [0.2, 0.25) is 5.78 Å². The molecule has 0 saturated carbocycles. The number of nitrogens with one attached hydrogen (secondary N) is 1. The number of benzene rings is 1. The van der Waals surface area contributed by atoms with Crippen LogP contribution < -0.4 is 5.32 Å². The van der Waals surface area contributed by atoms with Crippen LogP contribution in [0.5, 0.6) is 0 Å². The Kier molecular flexibility index (Phi) is 7.73. The van der Waals surface area contributed by atoms with Crippen LogP contribution in [-0.2, 0) is 14.3 Å². The van der Waals surface area contributed by atoms with Crippen LogP contribution in [0.3, 0.4) is 0 Å². The van der Waals surface area contributed by atoms with E-state index in [1.165, 1.54) is 0 Å². The minimum absolute atomic E-state index is 0.0842. The molecule has 1 atom stereocenters. The number of aryl methyl sites for hydroxylation is 2. The molecular weight excluding hydrogens is 372 g/mol. The van der Waals surface area contributed by atoms with Gasteiger partial charge in [-0.3, -0.25) is 14.4 Å². The lowest BCUT2D eigenvalue weighted by Crippen LogP contribution is -2.31. The van der Waals surface area contributed by atoms with E-state index in [9.17, 15) is 14.4 Å². The third kappa shape index (κ3) is 5.77. The van der Waals surface area contributed by atoms with Gasteiger partial charge in [-0.15, -0.1) is 0 Å². The molecule has 7 nitrogen and oxygen atoms in total. The zero-order chi connectivity index (χ0) is 21.6. The number of aromatic nitrogens is 1. The average molecular weight is 400 g/mol. The Morgan fingerprint density at radius 1 is 1.14 bits per heavy atom. The van der Waals surface area contributed by atoms with E-state index in [4.69, 9.17) is 9.47 Å². The molecular formula is C22H28N2O5. The topological polar surface area (TPSA) is 86.6 Å². The van der Waals surface area contributed by atoms with Crippen molar-refractivity contribution in [2.24, 2.45) is 0 Å². The fourth-order valence-electron chi connectivity index (χ4n) is 3.37. The van der Waals surface area contributed by atoms with E-state index in [1.807, 2.05) is 38.3 Å². The molecule has 0 saturated heterocycles. The number of ether oxygens (including phenoxy) is 2. The maximum atomic E-state index is 12.5. The molecule has 2 rings (SSSR count). The van der Waals surface area contributed by atoms with Crippen molar-refractivity contribution in [2.45, 2.75) is 33.7 Å². The number of Topliss-reactive ketones (excluding diaryl/α,β-unsaturated/α-hetero) is 1. The Bertz CT molecular complexity index is 901. The molecule has 156 valence electrons. The summed E-state index contributed by atoms with van der Waals surface area (Å²) in [7, 11) is 1.63. The number of carbonyl (C=O) groups is 3. The molecule has 0 aliphatic heterocycles. The number of amides is 1. The van der Waals surface area contributed by atoms with Gasteiger partial charge >= 0.3 is 5.97 Å². The zero-order valence-electron chi connectivity index (χ0n) is 17.6. The predicted octanol–water partition coefficient (Wildman–Crippen LogP) is 2.78. The molecule has 0 spiro atoms. The molecule has 0 radical (unpaired) electrons. The van der Waals surface area contributed by atoms with E-state index < -0.39 is 5.97 Å². The quantitative estimate of drug-likeness (QED) is 0.517. The Labute approximate surface area is 171 Å². The van der Waals surface area contributed by atoms with Crippen molar-refractivity contribution in [2.75, 3.05) is 26.9 Å². The first kappa shape index (κ1) is 22.4. The molecule has 0 aliphatic carbocycles. The van der Waals surface area contributed by atoms with Gasteiger partial charge in [0.05, 0.1) is 12.6 Å². The summed E-state index contributed by atoms with van der Waals surface area (Å²) >= 11 is 0. The molecule has 2 aromatic rings. The number of nitrogens with zero attached hydrogens (tertiary/aromatic N) is 1. The summed E-state index contributed by atoms with van der Waals surface area (Å²) in [5.41, 5.74) is 3.67. The molecule has 0 bridgehead atoms. The minimum atomic E-state index is -0.666. The maximum Gasteiger partial charge on any atom is 0.325 e.